The second-order valence-electron chi connectivity index (χ2n) is 7.18. The molecule has 1 fully saturated rings. The smallest absolute Gasteiger partial charge is 0.270 e. The van der Waals surface area contributed by atoms with Crippen LogP contribution in [0.1, 0.15) is 28.8 Å². The van der Waals surface area contributed by atoms with Crippen molar-refractivity contribution in [2.45, 2.75) is 12.8 Å². The van der Waals surface area contributed by atoms with E-state index in [0.29, 0.717) is 31.5 Å². The van der Waals surface area contributed by atoms with Crippen LogP contribution < -0.4 is 11.1 Å². The van der Waals surface area contributed by atoms with Crippen LogP contribution in [0, 0.1) is 16.0 Å². The average Bonchev–Trinajstić information content (AvgIpc) is 2.74. The molecule has 0 atom stereocenters. The number of primary amides is 1. The van der Waals surface area contributed by atoms with Gasteiger partial charge in [0, 0.05) is 23.6 Å². The number of nitrogens with two attached hydrogens (primary N) is 1. The summed E-state index contributed by atoms with van der Waals surface area (Å²) in [5.41, 5.74) is 5.72. The molecule has 1 saturated heterocycles. The Morgan fingerprint density at radius 1 is 1.10 bits per heavy atom. The highest BCUT2D eigenvalue weighted by atomic mass is 16.6. The van der Waals surface area contributed by atoms with Gasteiger partial charge in [-0.1, -0.05) is 30.3 Å². The van der Waals surface area contributed by atoms with Crippen molar-refractivity contribution in [1.29, 1.82) is 0 Å². The molecule has 0 aliphatic carbocycles. The van der Waals surface area contributed by atoms with Gasteiger partial charge in [0.05, 0.1) is 22.7 Å². The number of carbonyl (C=O) groups is 3. The fourth-order valence-electron chi connectivity index (χ4n) is 3.46. The number of hydrogen-bond acceptors (Lipinski definition) is 6. The molecule has 9 nitrogen and oxygen atoms in total. The predicted octanol–water partition coefficient (Wildman–Crippen LogP) is 1.96. The number of nitrogens with one attached hydrogen (secondary N) is 1. The zero-order valence-corrected chi connectivity index (χ0v) is 16.2. The molecular formula is C21H22N4O5. The van der Waals surface area contributed by atoms with Crippen LogP contribution in [0.15, 0.2) is 48.5 Å². The van der Waals surface area contributed by atoms with Crippen molar-refractivity contribution in [3.8, 4) is 0 Å². The highest BCUT2D eigenvalue weighted by Gasteiger charge is 2.25. The van der Waals surface area contributed by atoms with Crippen molar-refractivity contribution >= 4 is 29.0 Å². The lowest BCUT2D eigenvalue weighted by molar-refractivity contribution is -0.384. The van der Waals surface area contributed by atoms with Crippen molar-refractivity contribution in [2.24, 2.45) is 11.7 Å². The molecular weight excluding hydrogens is 388 g/mol. The Balaban J connectivity index is 1.75. The number of piperidine rings is 1. The van der Waals surface area contributed by atoms with Gasteiger partial charge in [-0.05, 0) is 32.0 Å². The van der Waals surface area contributed by atoms with Gasteiger partial charge < -0.3 is 11.1 Å². The van der Waals surface area contributed by atoms with E-state index in [1.807, 2.05) is 4.90 Å². The topological polar surface area (TPSA) is 136 Å². The highest BCUT2D eigenvalue weighted by molar-refractivity contribution is 6.14. The maximum absolute atomic E-state index is 12.9. The molecule has 1 aliphatic rings. The first kappa shape index (κ1) is 21.1. The van der Waals surface area contributed by atoms with E-state index in [0.717, 1.165) is 0 Å². The summed E-state index contributed by atoms with van der Waals surface area (Å²) in [7, 11) is 0. The van der Waals surface area contributed by atoms with Crippen LogP contribution in [0.3, 0.4) is 0 Å². The minimum atomic E-state index is -0.587. The molecule has 2 aromatic carbocycles. The lowest BCUT2D eigenvalue weighted by atomic mass is 9.96. The quantitative estimate of drug-likeness (QED) is 0.407. The number of ketones is 1. The zero-order chi connectivity index (χ0) is 21.7. The summed E-state index contributed by atoms with van der Waals surface area (Å²) >= 11 is 0. The Bertz CT molecular complexity index is 969. The Morgan fingerprint density at radius 3 is 2.37 bits per heavy atom. The van der Waals surface area contributed by atoms with E-state index in [1.54, 1.807) is 30.3 Å². The van der Waals surface area contributed by atoms with Crippen LogP contribution in [0.4, 0.5) is 11.4 Å². The molecule has 1 heterocycles. The van der Waals surface area contributed by atoms with E-state index in [4.69, 9.17) is 5.73 Å². The first-order valence-corrected chi connectivity index (χ1v) is 9.55. The molecule has 0 bridgehead atoms. The fraction of sp³-hybridized carbons (Fsp3) is 0.286. The van der Waals surface area contributed by atoms with Crippen molar-refractivity contribution in [2.75, 3.05) is 25.0 Å². The number of likely N-dealkylation sites (tertiary alicyclic amines) is 1. The molecule has 30 heavy (non-hydrogen) atoms. The minimum absolute atomic E-state index is 0.0520. The van der Waals surface area contributed by atoms with E-state index in [-0.39, 0.29) is 41.2 Å². The van der Waals surface area contributed by atoms with E-state index in [1.165, 1.54) is 18.2 Å². The summed E-state index contributed by atoms with van der Waals surface area (Å²) in [6, 6.07) is 12.1. The number of amides is 2. The third-order valence-corrected chi connectivity index (χ3v) is 5.13. The number of anilines is 1. The molecule has 0 unspecified atom stereocenters. The second kappa shape index (κ2) is 9.27. The molecule has 3 rings (SSSR count). The Labute approximate surface area is 173 Å². The van der Waals surface area contributed by atoms with Gasteiger partial charge in [0.2, 0.25) is 11.8 Å². The normalized spacial score (nSPS) is 14.8. The van der Waals surface area contributed by atoms with Crippen LogP contribution in [-0.2, 0) is 9.59 Å². The fourth-order valence-corrected chi connectivity index (χ4v) is 3.46. The lowest BCUT2D eigenvalue weighted by Crippen LogP contribution is -2.42. The summed E-state index contributed by atoms with van der Waals surface area (Å²) in [6.07, 6.45) is 1.19. The number of benzene rings is 2. The summed E-state index contributed by atoms with van der Waals surface area (Å²) in [5.74, 6) is -1.26. The van der Waals surface area contributed by atoms with Gasteiger partial charge in [-0.25, -0.2) is 0 Å². The van der Waals surface area contributed by atoms with Crippen LogP contribution in [0.25, 0.3) is 0 Å². The molecule has 2 amide bonds. The van der Waals surface area contributed by atoms with E-state index < -0.39 is 10.7 Å². The Morgan fingerprint density at radius 2 is 1.77 bits per heavy atom. The van der Waals surface area contributed by atoms with E-state index >= 15 is 0 Å². The van der Waals surface area contributed by atoms with Crippen LogP contribution in [0.5, 0.6) is 0 Å². The largest absolute Gasteiger partial charge is 0.369 e. The van der Waals surface area contributed by atoms with Crippen molar-refractivity contribution in [3.05, 3.63) is 69.8 Å². The molecule has 0 spiro atoms. The first-order chi connectivity index (χ1) is 14.3. The number of non-ortho nitro benzene ring substituents is 1. The first-order valence-electron chi connectivity index (χ1n) is 9.55. The van der Waals surface area contributed by atoms with Gasteiger partial charge in [-0.3, -0.25) is 29.4 Å². The number of hydrogen-bond donors (Lipinski definition) is 2. The number of nitrogens with zero attached hydrogens (tertiary/aromatic N) is 2. The van der Waals surface area contributed by atoms with Gasteiger partial charge in [0.15, 0.2) is 5.78 Å². The SMILES string of the molecule is NC(=O)C1CCN(CC(=O)Nc2ccc([N+](=O)[O-])cc2C(=O)c2ccccc2)CC1. The third-order valence-electron chi connectivity index (χ3n) is 5.13. The second-order valence-corrected chi connectivity index (χ2v) is 7.18. The summed E-state index contributed by atoms with van der Waals surface area (Å²) < 4.78 is 0. The predicted molar refractivity (Wildman–Crippen MR) is 110 cm³/mol. The minimum Gasteiger partial charge on any atom is -0.369 e. The molecule has 9 heteroatoms. The molecule has 156 valence electrons. The molecule has 1 aliphatic heterocycles. The maximum Gasteiger partial charge on any atom is 0.270 e. The standard InChI is InChI=1S/C21H22N4O5/c22-21(28)15-8-10-24(11-9-15)13-19(26)23-18-7-6-16(25(29)30)12-17(18)20(27)14-4-2-1-3-5-14/h1-7,12,15H,8-11,13H2,(H2,22,28)(H,23,26). The highest BCUT2D eigenvalue weighted by Crippen LogP contribution is 2.25. The Kier molecular flexibility index (Phi) is 6.53. The van der Waals surface area contributed by atoms with Gasteiger partial charge >= 0.3 is 0 Å². The molecule has 0 saturated carbocycles. The number of nitro groups is 1. The van der Waals surface area contributed by atoms with Crippen LogP contribution in [-0.4, -0.2) is 47.1 Å². The third kappa shape index (κ3) is 5.06. The van der Waals surface area contributed by atoms with Crippen molar-refractivity contribution in [1.82, 2.24) is 4.90 Å². The monoisotopic (exact) mass is 410 g/mol. The maximum atomic E-state index is 12.9. The summed E-state index contributed by atoms with van der Waals surface area (Å²) in [5, 5.41) is 13.8. The summed E-state index contributed by atoms with van der Waals surface area (Å²) in [6.45, 7) is 1.22. The molecule has 3 N–H and O–H groups in total. The van der Waals surface area contributed by atoms with Crippen molar-refractivity contribution in [3.63, 3.8) is 0 Å². The van der Waals surface area contributed by atoms with Crippen molar-refractivity contribution < 1.29 is 19.3 Å². The Hall–Kier alpha value is -3.59. The summed E-state index contributed by atoms with van der Waals surface area (Å²) in [4.78, 5) is 49.1. The average molecular weight is 410 g/mol. The zero-order valence-electron chi connectivity index (χ0n) is 16.2. The van der Waals surface area contributed by atoms with Crippen LogP contribution >= 0.6 is 0 Å². The molecule has 2 aromatic rings. The lowest BCUT2D eigenvalue weighted by Gasteiger charge is -2.29. The van der Waals surface area contributed by atoms with Crippen LogP contribution in [0.2, 0.25) is 0 Å². The van der Waals surface area contributed by atoms with E-state index in [9.17, 15) is 24.5 Å². The van der Waals surface area contributed by atoms with Gasteiger partial charge in [0.25, 0.3) is 5.69 Å². The number of rotatable bonds is 7. The number of carbonyl (C=O) groups excluding carboxylic acids is 3. The van der Waals surface area contributed by atoms with Gasteiger partial charge in [-0.15, -0.1) is 0 Å². The van der Waals surface area contributed by atoms with Gasteiger partial charge in [-0.2, -0.15) is 0 Å². The molecule has 0 radical (unpaired) electrons. The number of nitro benzene ring substituents is 1. The molecule has 0 aromatic heterocycles. The van der Waals surface area contributed by atoms with Gasteiger partial charge in [0.1, 0.15) is 0 Å². The van der Waals surface area contributed by atoms with E-state index in [2.05, 4.69) is 5.32 Å².